The zero-order valence-electron chi connectivity index (χ0n) is 11.0. The van der Waals surface area contributed by atoms with E-state index in [1.807, 2.05) is 0 Å². The number of rotatable bonds is 3. The molecule has 0 aromatic rings. The van der Waals surface area contributed by atoms with Gasteiger partial charge in [0.1, 0.15) is 0 Å². The molecule has 2 atom stereocenters. The molecular formula is C14H26N2O. The third kappa shape index (κ3) is 3.98. The molecule has 1 amide bonds. The van der Waals surface area contributed by atoms with Gasteiger partial charge in [0.15, 0.2) is 0 Å². The number of nitrogens with one attached hydrogen (secondary N) is 2. The van der Waals surface area contributed by atoms with Crippen molar-refractivity contribution in [3.8, 4) is 0 Å². The van der Waals surface area contributed by atoms with Crippen molar-refractivity contribution in [2.75, 3.05) is 6.54 Å². The first-order chi connectivity index (χ1) is 8.25. The predicted octanol–water partition coefficient (Wildman–Crippen LogP) is 2.21. The van der Waals surface area contributed by atoms with Gasteiger partial charge in [-0.1, -0.05) is 19.3 Å². The molecule has 2 rings (SSSR count). The van der Waals surface area contributed by atoms with E-state index < -0.39 is 0 Å². The largest absolute Gasteiger partial charge is 0.354 e. The van der Waals surface area contributed by atoms with Crippen molar-refractivity contribution in [3.63, 3.8) is 0 Å². The molecule has 3 nitrogen and oxygen atoms in total. The van der Waals surface area contributed by atoms with Crippen LogP contribution in [0.25, 0.3) is 0 Å². The molecule has 2 fully saturated rings. The van der Waals surface area contributed by atoms with E-state index in [1.54, 1.807) is 0 Å². The number of piperidine rings is 1. The van der Waals surface area contributed by atoms with Crippen molar-refractivity contribution in [2.24, 2.45) is 5.92 Å². The van der Waals surface area contributed by atoms with Crippen LogP contribution in [0.3, 0.4) is 0 Å². The molecule has 1 saturated heterocycles. The summed E-state index contributed by atoms with van der Waals surface area (Å²) in [5.74, 6) is 0.954. The van der Waals surface area contributed by atoms with Crippen LogP contribution >= 0.6 is 0 Å². The third-order valence-electron chi connectivity index (χ3n) is 4.22. The zero-order valence-corrected chi connectivity index (χ0v) is 11.0. The van der Waals surface area contributed by atoms with Crippen LogP contribution in [0.2, 0.25) is 0 Å². The fourth-order valence-corrected chi connectivity index (χ4v) is 3.10. The van der Waals surface area contributed by atoms with Crippen LogP contribution in [0.5, 0.6) is 0 Å². The van der Waals surface area contributed by atoms with Gasteiger partial charge in [-0.3, -0.25) is 4.79 Å². The van der Waals surface area contributed by atoms with Gasteiger partial charge in [0.05, 0.1) is 6.04 Å². The summed E-state index contributed by atoms with van der Waals surface area (Å²) in [4.78, 5) is 12.0. The molecule has 17 heavy (non-hydrogen) atoms. The molecular weight excluding hydrogens is 212 g/mol. The van der Waals surface area contributed by atoms with Crippen molar-refractivity contribution in [3.05, 3.63) is 0 Å². The summed E-state index contributed by atoms with van der Waals surface area (Å²) in [7, 11) is 0. The van der Waals surface area contributed by atoms with Gasteiger partial charge in [-0.2, -0.15) is 0 Å². The van der Waals surface area contributed by atoms with E-state index >= 15 is 0 Å². The fourth-order valence-electron chi connectivity index (χ4n) is 3.10. The molecule has 0 aromatic carbocycles. The summed E-state index contributed by atoms with van der Waals surface area (Å²) < 4.78 is 0. The Labute approximate surface area is 105 Å². The SMILES string of the molecule is CC1CCCC(C(=O)NCC2CCCCC2)N1. The molecule has 1 heterocycles. The van der Waals surface area contributed by atoms with Gasteiger partial charge >= 0.3 is 0 Å². The highest BCUT2D eigenvalue weighted by molar-refractivity contribution is 5.81. The lowest BCUT2D eigenvalue weighted by molar-refractivity contribution is -0.124. The average molecular weight is 238 g/mol. The summed E-state index contributed by atoms with van der Waals surface area (Å²) >= 11 is 0. The maximum absolute atomic E-state index is 12.0. The molecule has 2 aliphatic rings. The highest BCUT2D eigenvalue weighted by Crippen LogP contribution is 2.22. The van der Waals surface area contributed by atoms with Crippen molar-refractivity contribution in [1.82, 2.24) is 10.6 Å². The lowest BCUT2D eigenvalue weighted by atomic mass is 9.89. The van der Waals surface area contributed by atoms with Crippen LogP contribution < -0.4 is 10.6 Å². The van der Waals surface area contributed by atoms with Crippen LogP contribution in [0.15, 0.2) is 0 Å². The summed E-state index contributed by atoms with van der Waals surface area (Å²) in [6, 6.07) is 0.552. The molecule has 2 unspecified atom stereocenters. The number of amides is 1. The van der Waals surface area contributed by atoms with Crippen LogP contribution in [-0.2, 0) is 4.79 Å². The van der Waals surface area contributed by atoms with E-state index in [4.69, 9.17) is 0 Å². The van der Waals surface area contributed by atoms with Gasteiger partial charge in [-0.15, -0.1) is 0 Å². The van der Waals surface area contributed by atoms with E-state index in [1.165, 1.54) is 44.9 Å². The minimum atomic E-state index is 0.0577. The normalized spacial score (nSPS) is 31.1. The van der Waals surface area contributed by atoms with Gasteiger partial charge in [-0.05, 0) is 44.9 Å². The van der Waals surface area contributed by atoms with Gasteiger partial charge in [0.25, 0.3) is 0 Å². The molecule has 0 spiro atoms. The van der Waals surface area contributed by atoms with Crippen LogP contribution in [-0.4, -0.2) is 24.5 Å². The Morgan fingerprint density at radius 1 is 1.12 bits per heavy atom. The molecule has 2 N–H and O–H groups in total. The summed E-state index contributed by atoms with van der Waals surface area (Å²) in [6.45, 7) is 3.06. The number of carbonyl (C=O) groups excluding carboxylic acids is 1. The average Bonchev–Trinajstić information content (AvgIpc) is 2.37. The lowest BCUT2D eigenvalue weighted by Crippen LogP contribution is -2.50. The second-order valence-electron chi connectivity index (χ2n) is 5.80. The highest BCUT2D eigenvalue weighted by Gasteiger charge is 2.24. The molecule has 1 aliphatic heterocycles. The Balaban J connectivity index is 1.69. The maximum Gasteiger partial charge on any atom is 0.237 e. The molecule has 0 aromatic heterocycles. The van der Waals surface area contributed by atoms with Crippen molar-refractivity contribution in [1.29, 1.82) is 0 Å². The Morgan fingerprint density at radius 3 is 2.59 bits per heavy atom. The predicted molar refractivity (Wildman–Crippen MR) is 69.8 cm³/mol. The second-order valence-corrected chi connectivity index (χ2v) is 5.80. The zero-order chi connectivity index (χ0) is 12.1. The highest BCUT2D eigenvalue weighted by atomic mass is 16.2. The number of hydrogen-bond acceptors (Lipinski definition) is 2. The van der Waals surface area contributed by atoms with E-state index in [0.29, 0.717) is 6.04 Å². The quantitative estimate of drug-likeness (QED) is 0.791. The molecule has 1 saturated carbocycles. The van der Waals surface area contributed by atoms with Crippen LogP contribution in [0.1, 0.15) is 58.3 Å². The Hall–Kier alpha value is -0.570. The number of carbonyl (C=O) groups is 1. The topological polar surface area (TPSA) is 41.1 Å². The summed E-state index contributed by atoms with van der Waals surface area (Å²) in [5, 5.41) is 6.53. The first kappa shape index (κ1) is 12.9. The van der Waals surface area contributed by atoms with Crippen molar-refractivity contribution >= 4 is 5.91 Å². The lowest BCUT2D eigenvalue weighted by Gasteiger charge is -2.29. The molecule has 0 bridgehead atoms. The monoisotopic (exact) mass is 238 g/mol. The number of hydrogen-bond donors (Lipinski definition) is 2. The maximum atomic E-state index is 12.0. The minimum Gasteiger partial charge on any atom is -0.354 e. The van der Waals surface area contributed by atoms with Gasteiger partial charge in [-0.25, -0.2) is 0 Å². The van der Waals surface area contributed by atoms with Crippen LogP contribution in [0.4, 0.5) is 0 Å². The van der Waals surface area contributed by atoms with Crippen LogP contribution in [0, 0.1) is 5.92 Å². The first-order valence-electron chi connectivity index (χ1n) is 7.29. The minimum absolute atomic E-state index is 0.0577. The molecule has 1 aliphatic carbocycles. The van der Waals surface area contributed by atoms with Gasteiger partial charge in [0.2, 0.25) is 5.91 Å². The van der Waals surface area contributed by atoms with Crippen molar-refractivity contribution < 1.29 is 4.79 Å². The van der Waals surface area contributed by atoms with E-state index in [9.17, 15) is 4.79 Å². The van der Waals surface area contributed by atoms with Gasteiger partial charge < -0.3 is 10.6 Å². The Morgan fingerprint density at radius 2 is 1.88 bits per heavy atom. The smallest absolute Gasteiger partial charge is 0.237 e. The van der Waals surface area contributed by atoms with E-state index in [0.717, 1.165) is 18.9 Å². The first-order valence-corrected chi connectivity index (χ1v) is 7.29. The standard InChI is InChI=1S/C14H26N2O/c1-11-6-5-9-13(16-11)14(17)15-10-12-7-3-2-4-8-12/h11-13,16H,2-10H2,1H3,(H,15,17). The Bertz CT molecular complexity index is 249. The summed E-state index contributed by atoms with van der Waals surface area (Å²) in [5.41, 5.74) is 0. The third-order valence-corrected chi connectivity index (χ3v) is 4.22. The second kappa shape index (κ2) is 6.39. The Kier molecular flexibility index (Phi) is 4.84. The summed E-state index contributed by atoms with van der Waals surface area (Å²) in [6.07, 6.45) is 10.1. The van der Waals surface area contributed by atoms with Crippen molar-refractivity contribution in [2.45, 2.75) is 70.4 Å². The molecule has 3 heteroatoms. The van der Waals surface area contributed by atoms with E-state index in [-0.39, 0.29) is 11.9 Å². The molecule has 98 valence electrons. The molecule has 0 radical (unpaired) electrons. The fraction of sp³-hybridized carbons (Fsp3) is 0.929. The van der Waals surface area contributed by atoms with Gasteiger partial charge in [0, 0.05) is 12.6 Å². The van der Waals surface area contributed by atoms with E-state index in [2.05, 4.69) is 17.6 Å².